The van der Waals surface area contributed by atoms with Gasteiger partial charge in [-0.15, -0.1) is 0 Å². The molecule has 274 valence electrons. The monoisotopic (exact) mass is 761 g/mol. The number of ether oxygens (including phenoxy) is 1. The maximum Gasteiger partial charge on any atom is 0.407 e. The van der Waals surface area contributed by atoms with Crippen molar-refractivity contribution in [3.8, 4) is 0 Å². The highest BCUT2D eigenvalue weighted by Crippen LogP contribution is 2.34. The van der Waals surface area contributed by atoms with Gasteiger partial charge in [0, 0.05) is 73.9 Å². The van der Waals surface area contributed by atoms with E-state index < -0.39 is 23.8 Å². The number of hydrogen-bond acceptors (Lipinski definition) is 14. The molecule has 2 aliphatic rings. The zero-order chi connectivity index (χ0) is 35.3. The minimum absolute atomic E-state index is 0.0372. The number of thioether (sulfide) groups is 1. The molecule has 13 nitrogen and oxygen atoms in total. The summed E-state index contributed by atoms with van der Waals surface area (Å²) in [6.07, 6.45) is 10.4. The van der Waals surface area contributed by atoms with Crippen LogP contribution in [0.2, 0.25) is 0 Å². The predicted molar refractivity (Wildman–Crippen MR) is 196 cm³/mol. The molecule has 0 aromatic carbocycles. The second-order valence-electron chi connectivity index (χ2n) is 11.7. The van der Waals surface area contributed by atoms with Crippen molar-refractivity contribution in [3.63, 3.8) is 0 Å². The van der Waals surface area contributed by atoms with Gasteiger partial charge in [0.2, 0.25) is 5.91 Å². The fraction of sp³-hybridized carbons (Fsp3) is 0.828. The van der Waals surface area contributed by atoms with Crippen molar-refractivity contribution in [2.75, 3.05) is 70.1 Å². The summed E-state index contributed by atoms with van der Waals surface area (Å²) in [4.78, 5) is 36.7. The fourth-order valence-corrected chi connectivity index (χ4v) is 9.48. The lowest BCUT2D eigenvalue weighted by molar-refractivity contribution is -0.121. The minimum Gasteiger partial charge on any atom is -0.449 e. The lowest BCUT2D eigenvalue weighted by atomic mass is 10.0. The van der Waals surface area contributed by atoms with Crippen LogP contribution in [0.5, 0.6) is 0 Å². The summed E-state index contributed by atoms with van der Waals surface area (Å²) in [6.45, 7) is 5.65. The van der Waals surface area contributed by atoms with E-state index in [4.69, 9.17) is 4.74 Å². The maximum absolute atomic E-state index is 12.1. The molecule has 0 bridgehead atoms. The summed E-state index contributed by atoms with van der Waals surface area (Å²) in [6, 6.07) is 0.996. The van der Waals surface area contributed by atoms with E-state index >= 15 is 0 Å². The largest absolute Gasteiger partial charge is 0.449 e. The molecule has 0 spiro atoms. The van der Waals surface area contributed by atoms with Crippen LogP contribution in [0.1, 0.15) is 64.2 Å². The third kappa shape index (κ3) is 24.4. The van der Waals surface area contributed by atoms with Crippen molar-refractivity contribution in [2.24, 2.45) is 0 Å². The number of carbonyl (C=O) groups excluding carboxylic acids is 3. The highest BCUT2D eigenvalue weighted by atomic mass is 33.1. The van der Waals surface area contributed by atoms with Gasteiger partial charge < -0.3 is 30.9 Å². The molecule has 2 heterocycles. The van der Waals surface area contributed by atoms with Gasteiger partial charge >= 0.3 is 6.09 Å². The third-order valence-electron chi connectivity index (χ3n) is 6.99. The van der Waals surface area contributed by atoms with Crippen molar-refractivity contribution in [3.05, 3.63) is 12.4 Å². The Kier molecular flexibility index (Phi) is 22.2. The summed E-state index contributed by atoms with van der Waals surface area (Å²) in [5.41, 5.74) is 0. The Morgan fingerprint density at radius 2 is 1.51 bits per heavy atom. The smallest absolute Gasteiger partial charge is 0.407 e. The van der Waals surface area contributed by atoms with E-state index in [0.717, 1.165) is 97.2 Å². The Morgan fingerprint density at radius 1 is 0.894 bits per heavy atom. The third-order valence-corrected chi connectivity index (χ3v) is 13.6. The number of Topliss-reactive ketones (excluding diaryl/α,β-unsaturated/α-hetero) is 1. The van der Waals surface area contributed by atoms with Crippen LogP contribution in [-0.4, -0.2) is 127 Å². The lowest BCUT2D eigenvalue weighted by Crippen LogP contribution is -2.36. The van der Waals surface area contributed by atoms with Crippen LogP contribution in [0.4, 0.5) is 4.79 Å². The molecular formula is C29H55N5O8S5. The molecule has 2 unspecified atom stereocenters. The van der Waals surface area contributed by atoms with Crippen LogP contribution in [0.15, 0.2) is 12.4 Å². The number of fused-ring (bicyclic) bond motifs is 1. The number of alkyl carbamates (subject to hydrolysis) is 1. The number of likely N-dealkylation sites (N-methyl/N-ethyl adjacent to an activating group) is 1. The van der Waals surface area contributed by atoms with Crippen molar-refractivity contribution < 1.29 is 36.0 Å². The molecule has 47 heavy (non-hydrogen) atoms. The second kappa shape index (κ2) is 23.9. The van der Waals surface area contributed by atoms with Crippen LogP contribution in [-0.2, 0) is 32.1 Å². The van der Waals surface area contributed by atoms with Gasteiger partial charge in [0.25, 0.3) is 0 Å². The average Bonchev–Trinajstić information content (AvgIpc) is 3.51. The number of nitrogens with one attached hydrogen (secondary N) is 4. The summed E-state index contributed by atoms with van der Waals surface area (Å²) >= 11 is 2.02. The van der Waals surface area contributed by atoms with Gasteiger partial charge in [-0.2, -0.15) is 11.8 Å². The Balaban J connectivity index is 0.000000584. The number of carbonyl (C=O) groups is 3. The number of nitrogens with zero attached hydrogens (tertiary/aromatic N) is 1. The van der Waals surface area contributed by atoms with E-state index in [1.165, 1.54) is 0 Å². The quantitative estimate of drug-likeness (QED) is 0.0882. The zero-order valence-corrected chi connectivity index (χ0v) is 32.3. The lowest BCUT2D eigenvalue weighted by Gasteiger charge is -2.17. The van der Waals surface area contributed by atoms with Gasteiger partial charge in [-0.05, 0) is 61.4 Å². The first-order valence-corrected chi connectivity index (χ1v) is 23.8. The van der Waals surface area contributed by atoms with Gasteiger partial charge in [-0.1, -0.05) is 25.8 Å². The Bertz CT molecular complexity index is 1190. The molecule has 18 heteroatoms. The molecule has 0 aliphatic carbocycles. The molecule has 3 atom stereocenters. The highest BCUT2D eigenvalue weighted by molar-refractivity contribution is 8.72. The van der Waals surface area contributed by atoms with E-state index in [0.29, 0.717) is 61.2 Å². The molecule has 0 aromatic heterocycles. The average molecular weight is 762 g/mol. The van der Waals surface area contributed by atoms with Crippen molar-refractivity contribution >= 4 is 68.9 Å². The molecule has 2 aliphatic heterocycles. The first kappa shape index (κ1) is 43.7. The molecule has 2 amide bonds. The summed E-state index contributed by atoms with van der Waals surface area (Å²) in [5.74, 6) is 3.01. The molecule has 4 N–H and O–H groups in total. The standard InChI is InChI=1S/C21H37N3O4S3.C8H18N2O4S2/c1-16-23-18-15-29-19(21(18)24-16)11-8-7-10-17(25)9-5-3-4-6-12-20(26)22-13-14-30-31(2,27)28;1-10(2)5-4-9-8(11)14-6-7-15-16(3,12)13/h18-19,21,23-24H,1,3-15H2,2H3,(H,22,26);4-7H2,1-3H3,(H,9,11)/t18?,19-,21?;/m0./s1. The van der Waals surface area contributed by atoms with Gasteiger partial charge in [0.1, 0.15) is 12.4 Å². The minimum atomic E-state index is -3.05. The number of hydrogen-bond donors (Lipinski definition) is 4. The van der Waals surface area contributed by atoms with Crippen LogP contribution in [0, 0.1) is 0 Å². The van der Waals surface area contributed by atoms with Gasteiger partial charge in [0.05, 0.1) is 17.9 Å². The van der Waals surface area contributed by atoms with Crippen LogP contribution in [0.3, 0.4) is 0 Å². The summed E-state index contributed by atoms with van der Waals surface area (Å²) in [7, 11) is -0.689. The van der Waals surface area contributed by atoms with E-state index in [-0.39, 0.29) is 18.3 Å². The first-order valence-electron chi connectivity index (χ1n) is 15.9. The van der Waals surface area contributed by atoms with Gasteiger partial charge in [0.15, 0.2) is 17.7 Å². The summed E-state index contributed by atoms with van der Waals surface area (Å²) in [5, 5.41) is 12.7. The first-order chi connectivity index (χ1) is 22.1. The topological polar surface area (TPSA) is 180 Å². The number of amides is 2. The Morgan fingerprint density at radius 3 is 2.15 bits per heavy atom. The summed E-state index contributed by atoms with van der Waals surface area (Å²) < 4.78 is 48.2. The van der Waals surface area contributed by atoms with E-state index in [2.05, 4.69) is 27.8 Å². The van der Waals surface area contributed by atoms with E-state index in [1.807, 2.05) is 30.8 Å². The predicted octanol–water partition coefficient (Wildman–Crippen LogP) is 2.75. The highest BCUT2D eigenvalue weighted by Gasteiger charge is 2.40. The SMILES string of the molecule is C=C1NC2CS[C@@H](CCCCC(=O)CCCCCCC(=O)NCCSS(C)(=O)=O)C2N1.CN(C)CCNC(=O)OCCSS(C)(=O)=O. The zero-order valence-electron chi connectivity index (χ0n) is 28.2. The van der Waals surface area contributed by atoms with Gasteiger partial charge in [-0.25, -0.2) is 21.6 Å². The molecular weight excluding hydrogens is 707 g/mol. The van der Waals surface area contributed by atoms with E-state index in [1.54, 1.807) is 0 Å². The van der Waals surface area contributed by atoms with Crippen molar-refractivity contribution in [1.29, 1.82) is 0 Å². The Hall–Kier alpha value is -1.34. The van der Waals surface area contributed by atoms with Gasteiger partial charge in [-0.3, -0.25) is 9.59 Å². The fourth-order valence-electron chi connectivity index (χ4n) is 4.73. The molecule has 0 saturated carbocycles. The van der Waals surface area contributed by atoms with Crippen LogP contribution in [0.25, 0.3) is 0 Å². The molecule has 0 radical (unpaired) electrons. The Labute approximate surface area is 293 Å². The molecule has 0 aromatic rings. The molecule has 2 rings (SSSR count). The number of rotatable bonds is 23. The number of unbranched alkanes of at least 4 members (excludes halogenated alkanes) is 4. The normalized spacial score (nSPS) is 18.8. The van der Waals surface area contributed by atoms with Crippen molar-refractivity contribution in [1.82, 2.24) is 26.2 Å². The van der Waals surface area contributed by atoms with Crippen molar-refractivity contribution in [2.45, 2.75) is 81.5 Å². The van der Waals surface area contributed by atoms with E-state index in [9.17, 15) is 31.2 Å². The van der Waals surface area contributed by atoms with Crippen LogP contribution < -0.4 is 21.3 Å². The van der Waals surface area contributed by atoms with Crippen LogP contribution >= 0.6 is 33.3 Å². The maximum atomic E-state index is 12.1. The molecule has 2 saturated heterocycles. The molecule has 2 fully saturated rings. The second-order valence-corrected chi connectivity index (χ2v) is 22.2. The number of ketones is 1.